The minimum Gasteiger partial charge on any atom is -0.437 e. The highest BCUT2D eigenvalue weighted by atomic mass is 16.5. The van der Waals surface area contributed by atoms with Crippen LogP contribution in [0.4, 0.5) is 0 Å². The van der Waals surface area contributed by atoms with Gasteiger partial charge in [0.1, 0.15) is 5.52 Å². The highest BCUT2D eigenvalue weighted by molar-refractivity contribution is 6.01. The van der Waals surface area contributed by atoms with Crippen LogP contribution in [-0.4, -0.2) is 31.2 Å². The number of ether oxygens (including phenoxy) is 1. The van der Waals surface area contributed by atoms with Crippen LogP contribution in [-0.2, 0) is 11.5 Å². The van der Waals surface area contributed by atoms with Gasteiger partial charge in [-0.25, -0.2) is 4.79 Å². The largest absolute Gasteiger partial charge is 0.437 e. The highest BCUT2D eigenvalue weighted by Crippen LogP contribution is 2.15. The molecule has 0 atom stereocenters. The zero-order valence-corrected chi connectivity index (χ0v) is 12.3. The first kappa shape index (κ1) is 14.1. The van der Waals surface area contributed by atoms with E-state index in [9.17, 15) is 9.59 Å². The van der Waals surface area contributed by atoms with Crippen molar-refractivity contribution in [2.45, 2.75) is 6.73 Å². The summed E-state index contributed by atoms with van der Waals surface area (Å²) >= 11 is 0. The summed E-state index contributed by atoms with van der Waals surface area (Å²) in [5.74, 6) is -0.644. The zero-order chi connectivity index (χ0) is 16.5. The summed E-state index contributed by atoms with van der Waals surface area (Å²) in [6.07, 6.45) is 0. The SMILES string of the molecule is O=C(OCn1nnc2ccccc2c1=O)c1n[nH]c2ccccc12. The molecule has 0 saturated carbocycles. The van der Waals surface area contributed by atoms with Crippen molar-refractivity contribution in [3.8, 4) is 0 Å². The van der Waals surface area contributed by atoms with Crippen LogP contribution in [0.1, 0.15) is 10.5 Å². The van der Waals surface area contributed by atoms with E-state index in [4.69, 9.17) is 4.74 Å². The first-order valence-corrected chi connectivity index (χ1v) is 7.17. The predicted molar refractivity (Wildman–Crippen MR) is 85.3 cm³/mol. The minimum absolute atomic E-state index is 0.160. The number of carbonyl (C=O) groups excluding carboxylic acids is 1. The predicted octanol–water partition coefficient (Wildman–Crippen LogP) is 1.48. The van der Waals surface area contributed by atoms with Gasteiger partial charge in [-0.1, -0.05) is 35.5 Å². The van der Waals surface area contributed by atoms with Crippen molar-refractivity contribution in [2.24, 2.45) is 0 Å². The van der Waals surface area contributed by atoms with Crippen molar-refractivity contribution in [3.05, 3.63) is 64.6 Å². The van der Waals surface area contributed by atoms with Gasteiger partial charge in [-0.15, -0.1) is 5.10 Å². The maximum atomic E-state index is 12.3. The molecule has 0 aliphatic carbocycles. The number of rotatable bonds is 3. The number of aromatic amines is 1. The van der Waals surface area contributed by atoms with Crippen molar-refractivity contribution >= 4 is 27.8 Å². The summed E-state index contributed by atoms with van der Waals surface area (Å²) < 4.78 is 6.14. The standard InChI is InChI=1S/C16H11N5O3/c22-15-11-6-2-4-8-13(11)18-20-21(15)9-24-16(23)14-10-5-1-3-7-12(10)17-19-14/h1-8H,9H2,(H,17,19). The lowest BCUT2D eigenvalue weighted by atomic mass is 10.2. The molecule has 8 nitrogen and oxygen atoms in total. The van der Waals surface area contributed by atoms with E-state index in [0.717, 1.165) is 10.2 Å². The van der Waals surface area contributed by atoms with Gasteiger partial charge in [0.2, 0.25) is 0 Å². The van der Waals surface area contributed by atoms with Crippen LogP contribution < -0.4 is 5.56 Å². The van der Waals surface area contributed by atoms with Crippen molar-refractivity contribution < 1.29 is 9.53 Å². The third kappa shape index (κ3) is 2.30. The van der Waals surface area contributed by atoms with Gasteiger partial charge in [-0.2, -0.15) is 9.78 Å². The molecule has 0 aliphatic rings. The number of carbonyl (C=O) groups is 1. The van der Waals surface area contributed by atoms with Crippen LogP contribution in [0.2, 0.25) is 0 Å². The number of para-hydroxylation sites is 1. The molecule has 0 saturated heterocycles. The first-order chi connectivity index (χ1) is 11.7. The molecule has 4 aromatic rings. The van der Waals surface area contributed by atoms with Crippen LogP contribution >= 0.6 is 0 Å². The summed E-state index contributed by atoms with van der Waals surface area (Å²) in [7, 11) is 0. The molecule has 2 aromatic heterocycles. The molecule has 0 spiro atoms. The number of hydrogen-bond donors (Lipinski definition) is 1. The maximum absolute atomic E-state index is 12.3. The molecule has 0 bridgehead atoms. The van der Waals surface area contributed by atoms with Crippen molar-refractivity contribution in [3.63, 3.8) is 0 Å². The Balaban J connectivity index is 1.60. The molecule has 8 heteroatoms. The van der Waals surface area contributed by atoms with Crippen molar-refractivity contribution in [1.29, 1.82) is 0 Å². The Kier molecular flexibility index (Phi) is 3.27. The fourth-order valence-electron chi connectivity index (χ4n) is 2.42. The molecule has 118 valence electrons. The van der Waals surface area contributed by atoms with E-state index in [-0.39, 0.29) is 18.0 Å². The Hall–Kier alpha value is -3.55. The summed E-state index contributed by atoms with van der Waals surface area (Å²) in [5.41, 5.74) is 1.00. The molecule has 0 fully saturated rings. The van der Waals surface area contributed by atoms with Crippen LogP contribution in [0.25, 0.3) is 21.8 Å². The third-order valence-electron chi connectivity index (χ3n) is 3.61. The molecule has 0 aliphatic heterocycles. The highest BCUT2D eigenvalue weighted by Gasteiger charge is 2.16. The van der Waals surface area contributed by atoms with Crippen LogP contribution in [0, 0.1) is 0 Å². The number of esters is 1. The monoisotopic (exact) mass is 321 g/mol. The molecular formula is C16H11N5O3. The maximum Gasteiger partial charge on any atom is 0.361 e. The summed E-state index contributed by atoms with van der Waals surface area (Å²) in [5, 5.41) is 15.5. The van der Waals surface area contributed by atoms with Gasteiger partial charge in [0.15, 0.2) is 12.4 Å². The van der Waals surface area contributed by atoms with Gasteiger partial charge in [0.05, 0.1) is 10.9 Å². The minimum atomic E-state index is -0.644. The number of nitrogens with one attached hydrogen (secondary N) is 1. The normalized spacial score (nSPS) is 11.0. The van der Waals surface area contributed by atoms with E-state index in [0.29, 0.717) is 16.3 Å². The molecule has 0 amide bonds. The third-order valence-corrected chi connectivity index (χ3v) is 3.61. The fraction of sp³-hybridized carbons (Fsp3) is 0.0625. The molecule has 24 heavy (non-hydrogen) atoms. The van der Waals surface area contributed by atoms with E-state index < -0.39 is 5.97 Å². The smallest absolute Gasteiger partial charge is 0.361 e. The summed E-state index contributed by atoms with van der Waals surface area (Å²) in [6.45, 7) is -0.337. The molecule has 0 unspecified atom stereocenters. The number of aromatic nitrogens is 5. The fourth-order valence-corrected chi connectivity index (χ4v) is 2.42. The van der Waals surface area contributed by atoms with Crippen LogP contribution in [0.3, 0.4) is 0 Å². The second kappa shape index (κ2) is 5.58. The van der Waals surface area contributed by atoms with Crippen LogP contribution in [0.15, 0.2) is 53.3 Å². The van der Waals surface area contributed by atoms with Gasteiger partial charge in [0, 0.05) is 5.39 Å². The van der Waals surface area contributed by atoms with E-state index in [2.05, 4.69) is 20.5 Å². The Bertz CT molecular complexity index is 1120. The van der Waals surface area contributed by atoms with Crippen LogP contribution in [0.5, 0.6) is 0 Å². The van der Waals surface area contributed by atoms with Gasteiger partial charge in [-0.3, -0.25) is 9.89 Å². The number of hydrogen-bond acceptors (Lipinski definition) is 6. The number of H-pyrrole nitrogens is 1. The second-order valence-electron chi connectivity index (χ2n) is 5.09. The molecule has 2 heterocycles. The number of nitrogens with zero attached hydrogens (tertiary/aromatic N) is 4. The van der Waals surface area contributed by atoms with E-state index >= 15 is 0 Å². The Morgan fingerprint density at radius 1 is 1.08 bits per heavy atom. The summed E-state index contributed by atoms with van der Waals surface area (Å²) in [6, 6.07) is 14.0. The van der Waals surface area contributed by atoms with Gasteiger partial charge < -0.3 is 4.74 Å². The van der Waals surface area contributed by atoms with Crippen molar-refractivity contribution in [2.75, 3.05) is 0 Å². The lowest BCUT2D eigenvalue weighted by Gasteiger charge is -2.05. The number of fused-ring (bicyclic) bond motifs is 2. The van der Waals surface area contributed by atoms with Gasteiger partial charge in [-0.05, 0) is 18.2 Å². The average Bonchev–Trinajstić information content (AvgIpc) is 3.05. The molecular weight excluding hydrogens is 310 g/mol. The van der Waals surface area contributed by atoms with Gasteiger partial charge >= 0.3 is 5.97 Å². The quantitative estimate of drug-likeness (QED) is 0.573. The van der Waals surface area contributed by atoms with Crippen molar-refractivity contribution in [1.82, 2.24) is 25.2 Å². The molecule has 1 N–H and O–H groups in total. The molecule has 2 aromatic carbocycles. The van der Waals surface area contributed by atoms with Gasteiger partial charge in [0.25, 0.3) is 5.56 Å². The Labute approximate surface area is 134 Å². The van der Waals surface area contributed by atoms with E-state index in [1.165, 1.54) is 0 Å². The Morgan fingerprint density at radius 3 is 2.71 bits per heavy atom. The van der Waals surface area contributed by atoms with E-state index in [1.807, 2.05) is 6.07 Å². The Morgan fingerprint density at radius 2 is 1.83 bits per heavy atom. The van der Waals surface area contributed by atoms with E-state index in [1.54, 1.807) is 42.5 Å². The lowest BCUT2D eigenvalue weighted by molar-refractivity contribution is 0.0331. The second-order valence-corrected chi connectivity index (χ2v) is 5.09. The lowest BCUT2D eigenvalue weighted by Crippen LogP contribution is -2.26. The number of benzene rings is 2. The first-order valence-electron chi connectivity index (χ1n) is 7.17. The molecule has 4 rings (SSSR count). The summed E-state index contributed by atoms with van der Waals surface area (Å²) in [4.78, 5) is 24.5. The average molecular weight is 321 g/mol. The zero-order valence-electron chi connectivity index (χ0n) is 12.3. The topological polar surface area (TPSA) is 103 Å². The molecule has 0 radical (unpaired) electrons.